The van der Waals surface area contributed by atoms with Crippen LogP contribution in [0.1, 0.15) is 30.5 Å². The molecule has 28 heavy (non-hydrogen) atoms. The molecule has 9 nitrogen and oxygen atoms in total. The summed E-state index contributed by atoms with van der Waals surface area (Å²) in [6.07, 6.45) is 2.23. The number of hydrogen-bond donors (Lipinski definition) is 1. The molecule has 1 atom stereocenters. The largest absolute Gasteiger partial charge is 0.482 e. The highest BCUT2D eigenvalue weighted by molar-refractivity contribution is 5.97. The Kier molecular flexibility index (Phi) is 4.99. The summed E-state index contributed by atoms with van der Waals surface area (Å²) in [5, 5.41) is 6.79. The van der Waals surface area contributed by atoms with Gasteiger partial charge in [-0.3, -0.25) is 14.5 Å². The van der Waals surface area contributed by atoms with Crippen LogP contribution in [0.25, 0.3) is 11.4 Å². The minimum absolute atomic E-state index is 0.0111. The number of benzene rings is 1. The van der Waals surface area contributed by atoms with Crippen molar-refractivity contribution in [1.29, 1.82) is 0 Å². The number of carbonyl (C=O) groups is 2. The molecule has 9 heteroatoms. The highest BCUT2D eigenvalue weighted by atomic mass is 16.5. The topological polar surface area (TPSA) is 101 Å². The molecule has 4 rings (SSSR count). The van der Waals surface area contributed by atoms with Crippen LogP contribution in [0.3, 0.4) is 0 Å². The number of hydrogen-bond acceptors (Lipinski definition) is 7. The number of carbonyl (C=O) groups excluding carboxylic acids is 2. The zero-order valence-corrected chi connectivity index (χ0v) is 16.0. The molecule has 3 heterocycles. The van der Waals surface area contributed by atoms with E-state index in [4.69, 9.17) is 9.26 Å². The van der Waals surface area contributed by atoms with E-state index in [9.17, 15) is 9.59 Å². The minimum atomic E-state index is -0.374. The van der Waals surface area contributed by atoms with Crippen molar-refractivity contribution in [2.75, 3.05) is 38.2 Å². The lowest BCUT2D eigenvalue weighted by Gasteiger charge is -2.25. The first-order chi connectivity index (χ1) is 13.6. The molecule has 2 aromatic rings. The predicted octanol–water partition coefficient (Wildman–Crippen LogP) is 1.31. The standard InChI is InChI=1S/C19H23N5O4/c1-3-24-8-4-5-13(24)10-20-18(26)19-21-17(22-28-19)12-6-7-14-15(9-12)27-11-16(25)23(14)2/h6-7,9,13H,3-5,8,10-11H2,1-2H3,(H,20,26)/t13-/m0/s1. The number of anilines is 1. The fraction of sp³-hybridized carbons (Fsp3) is 0.474. The third-order valence-corrected chi connectivity index (χ3v) is 5.33. The van der Waals surface area contributed by atoms with Gasteiger partial charge in [0.05, 0.1) is 5.69 Å². The van der Waals surface area contributed by atoms with Crippen molar-refractivity contribution in [1.82, 2.24) is 20.4 Å². The van der Waals surface area contributed by atoms with Crippen LogP contribution in [0.4, 0.5) is 5.69 Å². The molecule has 1 aromatic carbocycles. The summed E-state index contributed by atoms with van der Waals surface area (Å²) in [6, 6.07) is 5.62. The number of nitrogens with zero attached hydrogens (tertiary/aromatic N) is 4. The van der Waals surface area contributed by atoms with Gasteiger partial charge in [-0.25, -0.2) is 0 Å². The summed E-state index contributed by atoms with van der Waals surface area (Å²) in [6.45, 7) is 4.73. The van der Waals surface area contributed by atoms with E-state index in [1.54, 1.807) is 30.1 Å². The summed E-state index contributed by atoms with van der Waals surface area (Å²) in [7, 11) is 1.70. The zero-order chi connectivity index (χ0) is 19.7. The quantitative estimate of drug-likeness (QED) is 0.828. The van der Waals surface area contributed by atoms with Crippen LogP contribution < -0.4 is 15.0 Å². The molecule has 1 aromatic heterocycles. The number of likely N-dealkylation sites (N-methyl/N-ethyl adjacent to an activating group) is 2. The Morgan fingerprint density at radius 2 is 2.25 bits per heavy atom. The summed E-state index contributed by atoms with van der Waals surface area (Å²) >= 11 is 0. The fourth-order valence-corrected chi connectivity index (χ4v) is 3.68. The van der Waals surface area contributed by atoms with Gasteiger partial charge in [-0.1, -0.05) is 12.1 Å². The molecule has 148 valence electrons. The Balaban J connectivity index is 1.44. The molecule has 0 radical (unpaired) electrons. The monoisotopic (exact) mass is 385 g/mol. The van der Waals surface area contributed by atoms with Crippen molar-refractivity contribution in [3.63, 3.8) is 0 Å². The first kappa shape index (κ1) is 18.4. The first-order valence-corrected chi connectivity index (χ1v) is 9.46. The Morgan fingerprint density at radius 1 is 1.39 bits per heavy atom. The van der Waals surface area contributed by atoms with Gasteiger partial charge in [0.25, 0.3) is 5.91 Å². The Bertz CT molecular complexity index is 896. The fourth-order valence-electron chi connectivity index (χ4n) is 3.68. The Morgan fingerprint density at radius 3 is 3.07 bits per heavy atom. The lowest BCUT2D eigenvalue weighted by Crippen LogP contribution is -2.40. The average molecular weight is 385 g/mol. The van der Waals surface area contributed by atoms with E-state index in [2.05, 4.69) is 27.3 Å². The van der Waals surface area contributed by atoms with Crippen molar-refractivity contribution in [3.8, 4) is 17.1 Å². The molecule has 0 unspecified atom stereocenters. The van der Waals surface area contributed by atoms with Crippen LogP contribution >= 0.6 is 0 Å². The first-order valence-electron chi connectivity index (χ1n) is 9.46. The predicted molar refractivity (Wildman–Crippen MR) is 101 cm³/mol. The number of aromatic nitrogens is 2. The van der Waals surface area contributed by atoms with E-state index in [0.717, 1.165) is 25.9 Å². The molecule has 1 fully saturated rings. The molecular formula is C19H23N5O4. The van der Waals surface area contributed by atoms with Crippen LogP contribution in [0.5, 0.6) is 5.75 Å². The maximum absolute atomic E-state index is 12.4. The number of ether oxygens (including phenoxy) is 1. The number of amides is 2. The van der Waals surface area contributed by atoms with Gasteiger partial charge in [0.15, 0.2) is 6.61 Å². The molecule has 0 saturated carbocycles. The maximum Gasteiger partial charge on any atom is 0.316 e. The van der Waals surface area contributed by atoms with Gasteiger partial charge in [0.1, 0.15) is 5.75 Å². The number of rotatable bonds is 5. The molecule has 1 N–H and O–H groups in total. The molecule has 1 saturated heterocycles. The third kappa shape index (κ3) is 3.45. The van der Waals surface area contributed by atoms with E-state index in [1.807, 2.05) is 0 Å². The maximum atomic E-state index is 12.4. The second kappa shape index (κ2) is 7.59. The van der Waals surface area contributed by atoms with Gasteiger partial charge in [0.2, 0.25) is 5.82 Å². The van der Waals surface area contributed by atoms with E-state index < -0.39 is 0 Å². The lowest BCUT2D eigenvalue weighted by atomic mass is 10.1. The molecule has 2 aliphatic heterocycles. The van der Waals surface area contributed by atoms with Gasteiger partial charge in [-0.2, -0.15) is 4.98 Å². The Hall–Kier alpha value is -2.94. The van der Waals surface area contributed by atoms with Gasteiger partial charge in [0, 0.05) is 25.2 Å². The number of nitrogens with one attached hydrogen (secondary N) is 1. The highest BCUT2D eigenvalue weighted by Crippen LogP contribution is 2.34. The molecule has 0 bridgehead atoms. The Labute approximate surface area is 162 Å². The van der Waals surface area contributed by atoms with E-state index >= 15 is 0 Å². The smallest absolute Gasteiger partial charge is 0.316 e. The SMILES string of the molecule is CCN1CCC[C@H]1CNC(=O)c1nc(-c2ccc3c(c2)OCC(=O)N3C)no1. The van der Waals surface area contributed by atoms with E-state index in [-0.39, 0.29) is 24.3 Å². The van der Waals surface area contributed by atoms with Crippen LogP contribution in [-0.2, 0) is 4.79 Å². The van der Waals surface area contributed by atoms with Gasteiger partial charge in [-0.05, 0) is 44.1 Å². The lowest BCUT2D eigenvalue weighted by molar-refractivity contribution is -0.120. The normalized spacial score (nSPS) is 19.4. The zero-order valence-electron chi connectivity index (χ0n) is 16.0. The number of fused-ring (bicyclic) bond motifs is 1. The average Bonchev–Trinajstić information content (AvgIpc) is 3.38. The molecule has 0 spiro atoms. The van der Waals surface area contributed by atoms with Gasteiger partial charge >= 0.3 is 11.8 Å². The summed E-state index contributed by atoms with van der Waals surface area (Å²) in [5.41, 5.74) is 1.33. The van der Waals surface area contributed by atoms with Gasteiger partial charge < -0.3 is 19.5 Å². The van der Waals surface area contributed by atoms with Crippen LogP contribution in [-0.4, -0.2) is 66.2 Å². The molecule has 0 aliphatic carbocycles. The van der Waals surface area contributed by atoms with Gasteiger partial charge in [-0.15, -0.1) is 0 Å². The van der Waals surface area contributed by atoms with Crippen LogP contribution in [0.15, 0.2) is 22.7 Å². The highest BCUT2D eigenvalue weighted by Gasteiger charge is 2.26. The van der Waals surface area contributed by atoms with Crippen molar-refractivity contribution in [3.05, 3.63) is 24.1 Å². The number of likely N-dealkylation sites (tertiary alicyclic amines) is 1. The second-order valence-electron chi connectivity index (χ2n) is 6.98. The van der Waals surface area contributed by atoms with Crippen LogP contribution in [0.2, 0.25) is 0 Å². The molecule has 2 amide bonds. The summed E-state index contributed by atoms with van der Waals surface area (Å²) in [4.78, 5) is 32.2. The van der Waals surface area contributed by atoms with Crippen molar-refractivity contribution >= 4 is 17.5 Å². The minimum Gasteiger partial charge on any atom is -0.482 e. The summed E-state index contributed by atoms with van der Waals surface area (Å²) in [5.74, 6) is 0.314. The van der Waals surface area contributed by atoms with Crippen molar-refractivity contribution < 1.29 is 18.8 Å². The van der Waals surface area contributed by atoms with E-state index in [1.165, 1.54) is 0 Å². The van der Waals surface area contributed by atoms with Crippen molar-refractivity contribution in [2.24, 2.45) is 0 Å². The van der Waals surface area contributed by atoms with Crippen LogP contribution in [0, 0.1) is 0 Å². The summed E-state index contributed by atoms with van der Waals surface area (Å²) < 4.78 is 10.6. The second-order valence-corrected chi connectivity index (χ2v) is 6.98. The van der Waals surface area contributed by atoms with E-state index in [0.29, 0.717) is 35.4 Å². The van der Waals surface area contributed by atoms with Crippen molar-refractivity contribution in [2.45, 2.75) is 25.8 Å². The third-order valence-electron chi connectivity index (χ3n) is 5.33. The molecular weight excluding hydrogens is 362 g/mol. The molecule has 2 aliphatic rings.